The van der Waals surface area contributed by atoms with Crippen LogP contribution in [0.1, 0.15) is 28.4 Å². The molecule has 2 aromatic rings. The minimum absolute atomic E-state index is 0.0545. The number of halogens is 1. The molecule has 0 atom stereocenters. The first-order chi connectivity index (χ1) is 12.1. The fourth-order valence-electron chi connectivity index (χ4n) is 2.24. The molecule has 0 bridgehead atoms. The predicted molar refractivity (Wildman–Crippen MR) is 89.4 cm³/mol. The number of hydrogen-bond acceptors (Lipinski definition) is 5. The summed E-state index contributed by atoms with van der Waals surface area (Å²) in [7, 11) is 0. The maximum Gasteiger partial charge on any atom is 0.363 e. The van der Waals surface area contributed by atoms with Crippen LogP contribution in [0.2, 0.25) is 0 Å². The van der Waals surface area contributed by atoms with Crippen molar-refractivity contribution >= 4 is 23.9 Å². The van der Waals surface area contributed by atoms with Crippen LogP contribution in [0.25, 0.3) is 6.08 Å². The van der Waals surface area contributed by atoms with Crippen LogP contribution in [-0.2, 0) is 14.3 Å². The highest BCUT2D eigenvalue weighted by Crippen LogP contribution is 2.20. The lowest BCUT2D eigenvalue weighted by Gasteiger charge is -2.01. The molecule has 0 N–H and O–H groups in total. The van der Waals surface area contributed by atoms with Crippen molar-refractivity contribution in [1.29, 1.82) is 0 Å². The van der Waals surface area contributed by atoms with E-state index < -0.39 is 17.8 Å². The Hall–Kier alpha value is -3.28. The van der Waals surface area contributed by atoms with Crippen molar-refractivity contribution in [2.45, 2.75) is 6.92 Å². The van der Waals surface area contributed by atoms with Crippen molar-refractivity contribution in [1.82, 2.24) is 0 Å². The van der Waals surface area contributed by atoms with E-state index in [0.717, 1.165) is 0 Å². The lowest BCUT2D eigenvalue weighted by atomic mass is 10.1. The van der Waals surface area contributed by atoms with Crippen molar-refractivity contribution in [3.63, 3.8) is 0 Å². The van der Waals surface area contributed by atoms with Gasteiger partial charge in [-0.05, 0) is 48.9 Å². The molecule has 6 heteroatoms. The van der Waals surface area contributed by atoms with E-state index >= 15 is 0 Å². The molecule has 25 heavy (non-hydrogen) atoms. The summed E-state index contributed by atoms with van der Waals surface area (Å²) in [5.41, 5.74) is 1.57. The van der Waals surface area contributed by atoms with Gasteiger partial charge in [0.2, 0.25) is 5.90 Å². The number of aliphatic imine (C=N–C) groups is 1. The van der Waals surface area contributed by atoms with Gasteiger partial charge >= 0.3 is 11.9 Å². The second kappa shape index (κ2) is 7.09. The average Bonchev–Trinajstić information content (AvgIpc) is 2.96. The number of ether oxygens (including phenoxy) is 2. The fourth-order valence-corrected chi connectivity index (χ4v) is 2.24. The van der Waals surface area contributed by atoms with Gasteiger partial charge in [-0.15, -0.1) is 0 Å². The Morgan fingerprint density at radius 1 is 1.24 bits per heavy atom. The molecule has 0 radical (unpaired) electrons. The highest BCUT2D eigenvalue weighted by atomic mass is 19.1. The largest absolute Gasteiger partial charge is 0.462 e. The van der Waals surface area contributed by atoms with E-state index in [2.05, 4.69) is 4.99 Å². The number of rotatable bonds is 4. The molecule has 0 amide bonds. The van der Waals surface area contributed by atoms with Crippen LogP contribution in [0.4, 0.5) is 4.39 Å². The Morgan fingerprint density at radius 2 is 2.00 bits per heavy atom. The number of esters is 2. The first-order valence-electron chi connectivity index (χ1n) is 7.62. The zero-order valence-corrected chi connectivity index (χ0v) is 13.4. The minimum Gasteiger partial charge on any atom is -0.462 e. The quantitative estimate of drug-likeness (QED) is 0.633. The summed E-state index contributed by atoms with van der Waals surface area (Å²) in [4.78, 5) is 27.7. The molecular formula is C19H14FNO4. The van der Waals surface area contributed by atoms with E-state index in [9.17, 15) is 14.0 Å². The highest BCUT2D eigenvalue weighted by Gasteiger charge is 2.24. The molecule has 0 aromatic heterocycles. The smallest absolute Gasteiger partial charge is 0.363 e. The molecule has 1 aliphatic heterocycles. The summed E-state index contributed by atoms with van der Waals surface area (Å²) in [5, 5.41) is 0. The molecule has 0 unspecified atom stereocenters. The first kappa shape index (κ1) is 16.6. The number of cyclic esters (lactones) is 1. The summed E-state index contributed by atoms with van der Waals surface area (Å²) in [6.45, 7) is 2.03. The molecule has 0 saturated heterocycles. The summed E-state index contributed by atoms with van der Waals surface area (Å²) in [6.07, 6.45) is 1.53. The molecule has 0 fully saturated rings. The van der Waals surface area contributed by atoms with Crippen LogP contribution in [0, 0.1) is 5.82 Å². The summed E-state index contributed by atoms with van der Waals surface area (Å²) < 4.78 is 23.3. The SMILES string of the molecule is CCOC(=O)c1ccc(C=C2N=C(c3cccc(F)c3)OC2=O)cc1. The van der Waals surface area contributed by atoms with Crippen molar-refractivity contribution in [3.8, 4) is 0 Å². The fraction of sp³-hybridized carbons (Fsp3) is 0.105. The van der Waals surface area contributed by atoms with Crippen LogP contribution in [0.3, 0.4) is 0 Å². The molecule has 0 saturated carbocycles. The molecule has 0 spiro atoms. The second-order valence-corrected chi connectivity index (χ2v) is 5.19. The third-order valence-electron chi connectivity index (χ3n) is 3.42. The third kappa shape index (κ3) is 3.80. The summed E-state index contributed by atoms with van der Waals surface area (Å²) in [5.74, 6) is -1.41. The number of carbonyl (C=O) groups is 2. The molecule has 2 aromatic carbocycles. The van der Waals surface area contributed by atoms with Crippen molar-refractivity contribution < 1.29 is 23.5 Å². The van der Waals surface area contributed by atoms with Crippen LogP contribution < -0.4 is 0 Å². The Kier molecular flexibility index (Phi) is 4.70. The van der Waals surface area contributed by atoms with E-state index in [1.165, 1.54) is 24.3 Å². The van der Waals surface area contributed by atoms with Crippen molar-refractivity contribution in [2.75, 3.05) is 6.61 Å². The normalized spacial score (nSPS) is 15.0. The van der Waals surface area contributed by atoms with Gasteiger partial charge in [-0.2, -0.15) is 0 Å². The van der Waals surface area contributed by atoms with E-state index in [0.29, 0.717) is 23.3 Å². The van der Waals surface area contributed by atoms with Gasteiger partial charge in [0.25, 0.3) is 0 Å². The zero-order valence-electron chi connectivity index (χ0n) is 13.4. The summed E-state index contributed by atoms with van der Waals surface area (Å²) in [6, 6.07) is 12.2. The zero-order chi connectivity index (χ0) is 17.8. The molecular weight excluding hydrogens is 325 g/mol. The third-order valence-corrected chi connectivity index (χ3v) is 3.42. The number of hydrogen-bond donors (Lipinski definition) is 0. The summed E-state index contributed by atoms with van der Waals surface area (Å²) >= 11 is 0. The second-order valence-electron chi connectivity index (χ2n) is 5.19. The van der Waals surface area contributed by atoms with Crippen LogP contribution >= 0.6 is 0 Å². The van der Waals surface area contributed by atoms with Crippen LogP contribution in [0.5, 0.6) is 0 Å². The topological polar surface area (TPSA) is 65.0 Å². The van der Waals surface area contributed by atoms with Gasteiger partial charge in [0.05, 0.1) is 12.2 Å². The molecule has 126 valence electrons. The van der Waals surface area contributed by atoms with Gasteiger partial charge in [-0.25, -0.2) is 19.0 Å². The van der Waals surface area contributed by atoms with E-state index in [1.807, 2.05) is 0 Å². The molecule has 3 rings (SSSR count). The van der Waals surface area contributed by atoms with E-state index in [-0.39, 0.29) is 11.6 Å². The van der Waals surface area contributed by atoms with Gasteiger partial charge in [0, 0.05) is 5.56 Å². The van der Waals surface area contributed by atoms with Crippen molar-refractivity contribution in [3.05, 3.63) is 76.7 Å². The Morgan fingerprint density at radius 3 is 2.68 bits per heavy atom. The van der Waals surface area contributed by atoms with Gasteiger partial charge < -0.3 is 9.47 Å². The molecule has 1 aliphatic rings. The van der Waals surface area contributed by atoms with Crippen LogP contribution in [0.15, 0.2) is 59.2 Å². The van der Waals surface area contributed by atoms with Gasteiger partial charge in [-0.1, -0.05) is 18.2 Å². The molecule has 0 aliphatic carbocycles. The maximum atomic E-state index is 13.3. The Balaban J connectivity index is 1.83. The van der Waals surface area contributed by atoms with Gasteiger partial charge in [0.1, 0.15) is 5.82 Å². The lowest BCUT2D eigenvalue weighted by Crippen LogP contribution is -2.05. The predicted octanol–water partition coefficient (Wildman–Crippen LogP) is 3.35. The minimum atomic E-state index is -0.617. The lowest BCUT2D eigenvalue weighted by molar-refractivity contribution is -0.129. The Labute approximate surface area is 143 Å². The molecule has 5 nitrogen and oxygen atoms in total. The number of nitrogens with zero attached hydrogens (tertiary/aromatic N) is 1. The van der Waals surface area contributed by atoms with Crippen molar-refractivity contribution in [2.24, 2.45) is 4.99 Å². The highest BCUT2D eigenvalue weighted by molar-refractivity contribution is 6.12. The molecule has 1 heterocycles. The average molecular weight is 339 g/mol. The standard InChI is InChI=1S/C19H14FNO4/c1-2-24-18(22)13-8-6-12(7-9-13)10-16-19(23)25-17(21-16)14-4-3-5-15(20)11-14/h3-11H,2H2,1H3. The van der Waals surface area contributed by atoms with E-state index in [4.69, 9.17) is 9.47 Å². The Bertz CT molecular complexity index is 885. The van der Waals surface area contributed by atoms with Crippen LogP contribution in [-0.4, -0.2) is 24.4 Å². The first-order valence-corrected chi connectivity index (χ1v) is 7.62. The monoisotopic (exact) mass is 339 g/mol. The van der Waals surface area contributed by atoms with Gasteiger partial charge in [-0.3, -0.25) is 0 Å². The number of carbonyl (C=O) groups excluding carboxylic acids is 2. The maximum absolute atomic E-state index is 13.3. The van der Waals surface area contributed by atoms with Gasteiger partial charge in [0.15, 0.2) is 5.70 Å². The van der Waals surface area contributed by atoms with E-state index in [1.54, 1.807) is 37.3 Å². The number of benzene rings is 2.